The molecule has 1 aliphatic heterocycles. The summed E-state index contributed by atoms with van der Waals surface area (Å²) >= 11 is 0. The van der Waals surface area contributed by atoms with Crippen LogP contribution in [0.2, 0.25) is 0 Å². The van der Waals surface area contributed by atoms with Crippen LogP contribution in [-0.4, -0.2) is 56.9 Å². The van der Waals surface area contributed by atoms with E-state index in [0.29, 0.717) is 49.3 Å². The first-order valence-electron chi connectivity index (χ1n) is 12.6. The molecule has 1 aromatic carbocycles. The first kappa shape index (κ1) is 22.6. The Morgan fingerprint density at radius 2 is 1.91 bits per heavy atom. The topological polar surface area (TPSA) is 120 Å². The van der Waals surface area contributed by atoms with Crippen LogP contribution in [0.15, 0.2) is 23.0 Å². The number of fused-ring (bicyclic) bond motifs is 1. The third-order valence-corrected chi connectivity index (χ3v) is 8.98. The number of ether oxygens (including phenoxy) is 1. The molecule has 3 atom stereocenters. The summed E-state index contributed by atoms with van der Waals surface area (Å²) in [7, 11) is 0. The third kappa shape index (κ3) is 3.48. The summed E-state index contributed by atoms with van der Waals surface area (Å²) in [5, 5.41) is 9.39. The van der Waals surface area contributed by atoms with Crippen LogP contribution in [0.25, 0.3) is 11.0 Å². The molecule has 2 amide bonds. The van der Waals surface area contributed by atoms with E-state index >= 15 is 0 Å². The molecule has 4 bridgehead atoms. The summed E-state index contributed by atoms with van der Waals surface area (Å²) in [5.74, 6) is 0.163. The fourth-order valence-electron chi connectivity index (χ4n) is 7.70. The molecule has 2 aromatic rings. The predicted molar refractivity (Wildman–Crippen MR) is 124 cm³/mol. The highest BCUT2D eigenvalue weighted by atomic mass is 19.1. The van der Waals surface area contributed by atoms with Gasteiger partial charge in [-0.25, -0.2) is 14.0 Å². The Hall–Kier alpha value is -2.88. The molecule has 1 aromatic heterocycles. The lowest BCUT2D eigenvalue weighted by Gasteiger charge is -2.58. The Morgan fingerprint density at radius 1 is 1.17 bits per heavy atom. The quantitative estimate of drug-likeness (QED) is 0.670. The Balaban J connectivity index is 1.19. The van der Waals surface area contributed by atoms with E-state index in [1.165, 1.54) is 16.7 Å². The van der Waals surface area contributed by atoms with Gasteiger partial charge in [-0.1, -0.05) is 0 Å². The van der Waals surface area contributed by atoms with E-state index in [-0.39, 0.29) is 54.8 Å². The van der Waals surface area contributed by atoms with Gasteiger partial charge in [0.1, 0.15) is 11.9 Å². The first-order valence-corrected chi connectivity index (χ1v) is 12.6. The van der Waals surface area contributed by atoms with Crippen LogP contribution in [0.3, 0.4) is 0 Å². The second kappa shape index (κ2) is 8.08. The number of aromatic nitrogens is 2. The van der Waals surface area contributed by atoms with Crippen LogP contribution in [-0.2, 0) is 16.1 Å². The van der Waals surface area contributed by atoms with Gasteiger partial charge in [0.2, 0.25) is 5.91 Å². The maximum absolute atomic E-state index is 13.9. The summed E-state index contributed by atoms with van der Waals surface area (Å²) in [4.78, 5) is 40.1. The van der Waals surface area contributed by atoms with Crippen molar-refractivity contribution in [3.63, 3.8) is 0 Å². The first-order chi connectivity index (χ1) is 16.8. The van der Waals surface area contributed by atoms with Gasteiger partial charge in [0, 0.05) is 13.1 Å². The number of benzene rings is 1. The molecule has 0 radical (unpaired) electrons. The number of likely N-dealkylation sites (tertiary alicyclic amines) is 1. The molecular weight excluding hydrogens is 455 g/mol. The monoisotopic (exact) mass is 486 g/mol. The van der Waals surface area contributed by atoms with Crippen LogP contribution < -0.4 is 11.4 Å². The van der Waals surface area contributed by atoms with E-state index in [1.807, 2.05) is 0 Å². The van der Waals surface area contributed by atoms with Crippen LogP contribution in [0.4, 0.5) is 9.18 Å². The number of primary amides is 1. The number of imidazole rings is 1. The maximum atomic E-state index is 13.9. The van der Waals surface area contributed by atoms with Crippen molar-refractivity contribution in [1.29, 1.82) is 0 Å². The molecule has 0 spiro atoms. The molecule has 1 saturated heterocycles. The van der Waals surface area contributed by atoms with Gasteiger partial charge >= 0.3 is 11.8 Å². The summed E-state index contributed by atoms with van der Waals surface area (Å²) in [5.41, 5.74) is 6.04. The number of carbonyl (C=O) groups is 2. The number of aliphatic hydroxyl groups is 1. The largest absolute Gasteiger partial charge is 0.446 e. The van der Waals surface area contributed by atoms with Gasteiger partial charge in [-0.05, 0) is 74.5 Å². The van der Waals surface area contributed by atoms with E-state index in [1.54, 1.807) is 15.5 Å². The highest BCUT2D eigenvalue weighted by molar-refractivity contribution is 5.81. The molecule has 188 valence electrons. The van der Waals surface area contributed by atoms with Crippen LogP contribution in [0, 0.1) is 29.0 Å². The summed E-state index contributed by atoms with van der Waals surface area (Å²) in [6, 6.07) is 3.92. The predicted octanol–water partition coefficient (Wildman–Crippen LogP) is 2.00. The van der Waals surface area contributed by atoms with Gasteiger partial charge in [-0.15, -0.1) is 0 Å². The Kier molecular flexibility index (Phi) is 5.21. The number of hydrogen-bond acceptors (Lipinski definition) is 5. The van der Waals surface area contributed by atoms with E-state index in [9.17, 15) is 23.9 Å². The fourth-order valence-corrected chi connectivity index (χ4v) is 7.70. The Labute approximate surface area is 201 Å². The summed E-state index contributed by atoms with van der Waals surface area (Å²) in [6.45, 7) is 0.618. The van der Waals surface area contributed by atoms with Crippen LogP contribution >= 0.6 is 0 Å². The van der Waals surface area contributed by atoms with Gasteiger partial charge in [0.05, 0.1) is 35.6 Å². The van der Waals surface area contributed by atoms with Gasteiger partial charge in [-0.2, -0.15) is 0 Å². The molecule has 2 unspecified atom stereocenters. The molecule has 7 rings (SSSR count). The minimum Gasteiger partial charge on any atom is -0.446 e. The van der Waals surface area contributed by atoms with Crippen molar-refractivity contribution >= 4 is 23.0 Å². The smallest absolute Gasteiger partial charge is 0.410 e. The van der Waals surface area contributed by atoms with Gasteiger partial charge < -0.3 is 20.5 Å². The number of amides is 2. The molecular formula is C25H31FN4O5. The SMILES string of the molecule is NC(=O)[C@]12CC3CC(C1)[C@@H](OC(=O)N1CC[C@H](n4c(=O)n(CCO)c5cc(F)ccc54)C1)C(C3)C2. The average Bonchev–Trinajstić information content (AvgIpc) is 3.39. The lowest BCUT2D eigenvalue weighted by molar-refractivity contribution is -0.161. The molecule has 2 heterocycles. The highest BCUT2D eigenvalue weighted by Crippen LogP contribution is 2.60. The van der Waals surface area contributed by atoms with Crippen LogP contribution in [0.1, 0.15) is 44.6 Å². The Morgan fingerprint density at radius 3 is 2.60 bits per heavy atom. The Bertz CT molecular complexity index is 1240. The number of hydrogen-bond donors (Lipinski definition) is 2. The normalized spacial score (nSPS) is 33.5. The van der Waals surface area contributed by atoms with E-state index < -0.39 is 11.2 Å². The molecule has 4 saturated carbocycles. The zero-order valence-electron chi connectivity index (χ0n) is 19.6. The van der Waals surface area contributed by atoms with Crippen molar-refractivity contribution in [1.82, 2.24) is 14.0 Å². The number of halogens is 1. The van der Waals surface area contributed by atoms with Gasteiger partial charge in [-0.3, -0.25) is 13.9 Å². The molecule has 4 aliphatic carbocycles. The lowest BCUT2D eigenvalue weighted by atomic mass is 9.48. The molecule has 5 fully saturated rings. The average molecular weight is 487 g/mol. The summed E-state index contributed by atoms with van der Waals surface area (Å²) in [6.07, 6.45) is 4.23. The van der Waals surface area contributed by atoms with E-state index in [0.717, 1.165) is 19.3 Å². The number of nitrogens with two attached hydrogens (primary N) is 1. The molecule has 35 heavy (non-hydrogen) atoms. The highest BCUT2D eigenvalue weighted by Gasteiger charge is 2.59. The second-order valence-electron chi connectivity index (χ2n) is 11.0. The number of carbonyl (C=O) groups excluding carboxylic acids is 2. The van der Waals surface area contributed by atoms with Crippen molar-refractivity contribution in [3.05, 3.63) is 34.5 Å². The second-order valence-corrected chi connectivity index (χ2v) is 11.0. The van der Waals surface area contributed by atoms with Gasteiger partial charge in [0.15, 0.2) is 0 Å². The molecule has 3 N–H and O–H groups in total. The van der Waals surface area contributed by atoms with Crippen molar-refractivity contribution < 1.29 is 23.8 Å². The minimum absolute atomic E-state index is 0.0719. The van der Waals surface area contributed by atoms with Crippen molar-refractivity contribution in [3.8, 4) is 0 Å². The van der Waals surface area contributed by atoms with Crippen LogP contribution in [0.5, 0.6) is 0 Å². The van der Waals surface area contributed by atoms with E-state index in [4.69, 9.17) is 10.5 Å². The van der Waals surface area contributed by atoms with Crippen molar-refractivity contribution in [2.75, 3.05) is 19.7 Å². The van der Waals surface area contributed by atoms with Crippen molar-refractivity contribution in [2.45, 2.75) is 57.2 Å². The zero-order valence-corrected chi connectivity index (χ0v) is 19.6. The number of nitrogens with zero attached hydrogens (tertiary/aromatic N) is 3. The standard InChI is InChI=1S/C25H31FN4O5/c26-17-1-2-19-20(9-17)29(5-6-31)23(33)30(19)18-3-4-28(13-18)24(34)35-21-15-7-14-8-16(21)12-25(10-14,11-15)22(27)32/h1-2,9,14-16,18,21,31H,3-8,10-13H2,(H2,27,32)/t14?,15?,16?,18-,21-,25-/m0/s1. The zero-order chi connectivity index (χ0) is 24.5. The van der Waals surface area contributed by atoms with Gasteiger partial charge in [0.25, 0.3) is 0 Å². The van der Waals surface area contributed by atoms with Crippen molar-refractivity contribution in [2.24, 2.45) is 28.9 Å². The third-order valence-electron chi connectivity index (χ3n) is 8.98. The molecule has 9 nitrogen and oxygen atoms in total. The maximum Gasteiger partial charge on any atom is 0.410 e. The number of rotatable bonds is 5. The molecule has 5 aliphatic rings. The lowest BCUT2D eigenvalue weighted by Crippen LogP contribution is -2.59. The minimum atomic E-state index is -0.452. The van der Waals surface area contributed by atoms with E-state index in [2.05, 4.69) is 0 Å². The fraction of sp³-hybridized carbons (Fsp3) is 0.640. The molecule has 10 heteroatoms. The number of aliphatic hydroxyl groups excluding tert-OH is 1. The summed E-state index contributed by atoms with van der Waals surface area (Å²) < 4.78 is 22.9.